The molecule has 36 heavy (non-hydrogen) atoms. The van der Waals surface area contributed by atoms with E-state index in [1.807, 2.05) is 12.1 Å². The first kappa shape index (κ1) is 23.7. The van der Waals surface area contributed by atoms with Crippen LogP contribution in [0.5, 0.6) is 0 Å². The van der Waals surface area contributed by atoms with E-state index in [1.54, 1.807) is 24.5 Å². The molecule has 184 valence electrons. The molecule has 0 saturated carbocycles. The number of para-hydroxylation sites is 1. The van der Waals surface area contributed by atoms with Crippen LogP contribution in [0.4, 0.5) is 10.2 Å². The lowest BCUT2D eigenvalue weighted by atomic mass is 9.99. The monoisotopic (exact) mass is 487 g/mol. The molecule has 1 aromatic carbocycles. The van der Waals surface area contributed by atoms with Crippen molar-refractivity contribution in [1.82, 2.24) is 30.2 Å². The average Bonchev–Trinajstić information content (AvgIpc) is 2.93. The Morgan fingerprint density at radius 1 is 1.08 bits per heavy atom. The molecule has 0 atom stereocenters. The lowest BCUT2D eigenvalue weighted by Gasteiger charge is -2.20. The molecule has 2 N–H and O–H groups in total. The summed E-state index contributed by atoms with van der Waals surface area (Å²) >= 11 is 0. The van der Waals surface area contributed by atoms with E-state index in [0.29, 0.717) is 35.6 Å². The van der Waals surface area contributed by atoms with E-state index < -0.39 is 11.7 Å². The Bertz CT molecular complexity index is 1370. The molecule has 1 aliphatic heterocycles. The first-order valence-corrected chi connectivity index (χ1v) is 11.9. The van der Waals surface area contributed by atoms with Crippen molar-refractivity contribution in [3.63, 3.8) is 0 Å². The van der Waals surface area contributed by atoms with Crippen LogP contribution in [-0.2, 0) is 11.2 Å². The Morgan fingerprint density at radius 2 is 1.89 bits per heavy atom. The molecule has 0 radical (unpaired) electrons. The number of aromatic nitrogens is 5. The van der Waals surface area contributed by atoms with Crippen LogP contribution < -0.4 is 10.6 Å². The molecule has 1 amide bonds. The van der Waals surface area contributed by atoms with Gasteiger partial charge in [0.15, 0.2) is 5.82 Å². The number of nitrogens with one attached hydrogen (secondary N) is 2. The molecular weight excluding hydrogens is 461 g/mol. The number of rotatable bonds is 7. The highest BCUT2D eigenvalue weighted by molar-refractivity contribution is 6.06. The molecule has 10 heteroatoms. The minimum Gasteiger partial charge on any atom is -0.381 e. The maximum atomic E-state index is 14.3. The van der Waals surface area contributed by atoms with Crippen LogP contribution in [-0.4, -0.2) is 57.6 Å². The first-order valence-electron chi connectivity index (χ1n) is 11.9. The third kappa shape index (κ3) is 4.99. The number of benzene rings is 1. The molecule has 4 aromatic rings. The third-order valence-corrected chi connectivity index (χ3v) is 6.31. The maximum absolute atomic E-state index is 14.3. The number of amides is 1. The van der Waals surface area contributed by atoms with Crippen molar-refractivity contribution >= 4 is 22.6 Å². The number of carbonyl (C=O) groups excluding carboxylic acids is 1. The standard InChI is InChI=1S/C26H26FN7O2/c1-28-26(35)23-19-4-2-3-16(24(19)30-14-20(23)27)5-8-29-22-11-21(33-15-34-22)18-12-31-25(32-13-18)17-6-9-36-10-7-17/h2-4,11-15,17H,5-10H2,1H3,(H,28,35)(H,29,33,34). The van der Waals surface area contributed by atoms with E-state index in [9.17, 15) is 9.18 Å². The van der Waals surface area contributed by atoms with Gasteiger partial charge in [0.05, 0.1) is 23.0 Å². The number of fused-ring (bicyclic) bond motifs is 1. The van der Waals surface area contributed by atoms with Crippen LogP contribution >= 0.6 is 0 Å². The highest BCUT2D eigenvalue weighted by Crippen LogP contribution is 2.26. The number of ether oxygens (including phenoxy) is 1. The van der Waals surface area contributed by atoms with Gasteiger partial charge in [-0.05, 0) is 24.8 Å². The molecule has 0 unspecified atom stereocenters. The zero-order valence-electron chi connectivity index (χ0n) is 19.9. The fourth-order valence-corrected chi connectivity index (χ4v) is 4.39. The number of hydrogen-bond acceptors (Lipinski definition) is 8. The van der Waals surface area contributed by atoms with Crippen molar-refractivity contribution in [3.8, 4) is 11.3 Å². The fourth-order valence-electron chi connectivity index (χ4n) is 4.39. The quantitative estimate of drug-likeness (QED) is 0.407. The van der Waals surface area contributed by atoms with Gasteiger partial charge in [-0.2, -0.15) is 0 Å². The number of halogens is 1. The number of pyridine rings is 1. The number of anilines is 1. The average molecular weight is 488 g/mol. The van der Waals surface area contributed by atoms with Crippen molar-refractivity contribution in [3.05, 3.63) is 72.0 Å². The molecule has 0 spiro atoms. The zero-order chi connectivity index (χ0) is 24.9. The molecule has 4 heterocycles. The Kier molecular flexibility index (Phi) is 7.03. The van der Waals surface area contributed by atoms with E-state index in [2.05, 4.69) is 35.6 Å². The summed E-state index contributed by atoms with van der Waals surface area (Å²) in [5.74, 6) is 0.725. The lowest BCUT2D eigenvalue weighted by Crippen LogP contribution is -2.20. The van der Waals surface area contributed by atoms with E-state index in [4.69, 9.17) is 4.74 Å². The fraction of sp³-hybridized carbons (Fsp3) is 0.308. The topological polar surface area (TPSA) is 115 Å². The molecule has 1 aliphatic rings. The first-order chi connectivity index (χ1) is 17.6. The molecular formula is C26H26FN7O2. The summed E-state index contributed by atoms with van der Waals surface area (Å²) in [7, 11) is 1.48. The molecule has 0 aliphatic carbocycles. The van der Waals surface area contributed by atoms with Gasteiger partial charge in [0, 0.05) is 62.1 Å². The highest BCUT2D eigenvalue weighted by atomic mass is 19.1. The Balaban J connectivity index is 1.28. The number of nitrogens with zero attached hydrogens (tertiary/aromatic N) is 5. The summed E-state index contributed by atoms with van der Waals surface area (Å²) in [5, 5.41) is 6.28. The molecule has 1 fully saturated rings. The predicted octanol–water partition coefficient (Wildman–Crippen LogP) is 3.53. The van der Waals surface area contributed by atoms with Gasteiger partial charge in [0.25, 0.3) is 5.91 Å². The predicted molar refractivity (Wildman–Crippen MR) is 133 cm³/mol. The molecule has 9 nitrogen and oxygen atoms in total. The summed E-state index contributed by atoms with van der Waals surface area (Å²) in [6, 6.07) is 7.29. The second-order valence-corrected chi connectivity index (χ2v) is 8.56. The van der Waals surface area contributed by atoms with Gasteiger partial charge >= 0.3 is 0 Å². The highest BCUT2D eigenvalue weighted by Gasteiger charge is 2.19. The minimum atomic E-state index is -0.643. The van der Waals surface area contributed by atoms with Gasteiger partial charge in [-0.3, -0.25) is 9.78 Å². The smallest absolute Gasteiger partial charge is 0.254 e. The van der Waals surface area contributed by atoms with Gasteiger partial charge in [-0.25, -0.2) is 24.3 Å². The van der Waals surface area contributed by atoms with E-state index >= 15 is 0 Å². The normalized spacial score (nSPS) is 14.1. The van der Waals surface area contributed by atoms with Gasteiger partial charge in [0.1, 0.15) is 18.0 Å². The van der Waals surface area contributed by atoms with Crippen molar-refractivity contribution in [2.45, 2.75) is 25.2 Å². The van der Waals surface area contributed by atoms with Crippen LogP contribution in [0.15, 0.2) is 49.2 Å². The Labute approximate surface area is 207 Å². The molecule has 3 aromatic heterocycles. The minimum absolute atomic E-state index is 0.00260. The summed E-state index contributed by atoms with van der Waals surface area (Å²) < 4.78 is 19.7. The van der Waals surface area contributed by atoms with Crippen LogP contribution in [0.2, 0.25) is 0 Å². The molecule has 5 rings (SSSR count). The van der Waals surface area contributed by atoms with Gasteiger partial charge in [0.2, 0.25) is 0 Å². The maximum Gasteiger partial charge on any atom is 0.254 e. The number of carbonyl (C=O) groups is 1. The summed E-state index contributed by atoms with van der Waals surface area (Å²) in [6.07, 6.45) is 8.68. The van der Waals surface area contributed by atoms with E-state index in [-0.39, 0.29) is 5.56 Å². The van der Waals surface area contributed by atoms with E-state index in [0.717, 1.165) is 54.9 Å². The summed E-state index contributed by atoms with van der Waals surface area (Å²) in [4.78, 5) is 34.2. The zero-order valence-corrected chi connectivity index (χ0v) is 19.9. The van der Waals surface area contributed by atoms with Crippen molar-refractivity contribution in [1.29, 1.82) is 0 Å². The summed E-state index contributed by atoms with van der Waals surface area (Å²) in [6.45, 7) is 2.05. The largest absolute Gasteiger partial charge is 0.381 e. The van der Waals surface area contributed by atoms with Crippen LogP contribution in [0.3, 0.4) is 0 Å². The van der Waals surface area contributed by atoms with E-state index in [1.165, 1.54) is 13.4 Å². The second-order valence-electron chi connectivity index (χ2n) is 8.56. The van der Waals surface area contributed by atoms with Gasteiger partial charge in [-0.1, -0.05) is 18.2 Å². The molecule has 0 bridgehead atoms. The van der Waals surface area contributed by atoms with Crippen molar-refractivity contribution in [2.75, 3.05) is 32.1 Å². The summed E-state index contributed by atoms with van der Waals surface area (Å²) in [5.41, 5.74) is 3.05. The Morgan fingerprint density at radius 3 is 2.67 bits per heavy atom. The lowest BCUT2D eigenvalue weighted by molar-refractivity contribution is 0.0836. The number of hydrogen-bond donors (Lipinski definition) is 2. The van der Waals surface area contributed by atoms with Crippen LogP contribution in [0, 0.1) is 5.82 Å². The van der Waals surface area contributed by atoms with Crippen LogP contribution in [0.25, 0.3) is 22.2 Å². The van der Waals surface area contributed by atoms with Crippen LogP contribution in [0.1, 0.15) is 40.5 Å². The second kappa shape index (κ2) is 10.7. The SMILES string of the molecule is CNC(=O)c1c(F)cnc2c(CCNc3cc(-c4cnc(C5CCOCC5)nc4)ncn3)cccc12. The Hall–Kier alpha value is -4.05. The third-order valence-electron chi connectivity index (χ3n) is 6.31. The van der Waals surface area contributed by atoms with Gasteiger partial charge < -0.3 is 15.4 Å². The molecule has 1 saturated heterocycles. The van der Waals surface area contributed by atoms with Gasteiger partial charge in [-0.15, -0.1) is 0 Å². The van der Waals surface area contributed by atoms with Crippen molar-refractivity contribution in [2.24, 2.45) is 0 Å². The van der Waals surface area contributed by atoms with Crippen molar-refractivity contribution < 1.29 is 13.9 Å².